The Morgan fingerprint density at radius 3 is 1.90 bits per heavy atom. The molecule has 0 bridgehead atoms. The van der Waals surface area contributed by atoms with Crippen molar-refractivity contribution in [1.29, 1.82) is 0 Å². The molecule has 1 aliphatic carbocycles. The summed E-state index contributed by atoms with van der Waals surface area (Å²) < 4.78 is 6.29. The number of hydrogen-bond donors (Lipinski definition) is 3. The van der Waals surface area contributed by atoms with E-state index in [4.69, 9.17) is 4.42 Å². The van der Waals surface area contributed by atoms with Gasteiger partial charge in [0.2, 0.25) is 11.6 Å². The average Bonchev–Trinajstić information content (AvgIpc) is 3.40. The highest BCUT2D eigenvalue weighted by Crippen LogP contribution is 2.38. The number of Topliss-reactive ketones (excluding diaryl/α,β-unsaturated/α-hetero) is 2. The highest BCUT2D eigenvalue weighted by molar-refractivity contribution is 6.52. The van der Waals surface area contributed by atoms with E-state index in [1.54, 1.807) is 19.1 Å². The summed E-state index contributed by atoms with van der Waals surface area (Å²) in [6, 6.07) is 5.23. The Labute approximate surface area is 299 Å². The first-order chi connectivity index (χ1) is 23.6. The van der Waals surface area contributed by atoms with Crippen molar-refractivity contribution in [1.82, 2.24) is 0 Å². The minimum Gasteiger partial charge on any atom is -0.508 e. The van der Waals surface area contributed by atoms with Crippen LogP contribution in [0.15, 0.2) is 91.7 Å². The largest absolute Gasteiger partial charge is 0.508 e. The molecular formula is C44H56O6. The van der Waals surface area contributed by atoms with Gasteiger partial charge in [-0.15, -0.1) is 0 Å². The highest BCUT2D eigenvalue weighted by atomic mass is 16.3. The van der Waals surface area contributed by atoms with Crippen LogP contribution in [-0.2, 0) is 22.4 Å². The van der Waals surface area contributed by atoms with Gasteiger partial charge in [0.15, 0.2) is 0 Å². The normalized spacial score (nSPS) is 14.5. The fourth-order valence-electron chi connectivity index (χ4n) is 6.07. The predicted molar refractivity (Wildman–Crippen MR) is 205 cm³/mol. The second-order valence-corrected chi connectivity index (χ2v) is 14.3. The molecule has 0 saturated carbocycles. The van der Waals surface area contributed by atoms with E-state index in [9.17, 15) is 24.9 Å². The molecular weight excluding hydrogens is 624 g/mol. The number of carbonyl (C=O) groups is 2. The van der Waals surface area contributed by atoms with Gasteiger partial charge in [0.1, 0.15) is 28.8 Å². The third-order valence-corrected chi connectivity index (χ3v) is 9.00. The molecule has 50 heavy (non-hydrogen) atoms. The first-order valence-corrected chi connectivity index (χ1v) is 17.7. The van der Waals surface area contributed by atoms with Crippen LogP contribution < -0.4 is 0 Å². The molecule has 6 nitrogen and oxygen atoms in total. The summed E-state index contributed by atoms with van der Waals surface area (Å²) in [6.07, 6.45) is 16.8. The third kappa shape index (κ3) is 11.2. The van der Waals surface area contributed by atoms with Crippen LogP contribution in [-0.4, -0.2) is 26.9 Å². The van der Waals surface area contributed by atoms with Gasteiger partial charge in [-0.2, -0.15) is 0 Å². The minimum absolute atomic E-state index is 0.0805. The van der Waals surface area contributed by atoms with Crippen LogP contribution >= 0.6 is 0 Å². The predicted octanol–water partition coefficient (Wildman–Crippen LogP) is 11.5. The summed E-state index contributed by atoms with van der Waals surface area (Å²) in [5.74, 6) is -0.302. The maximum Gasteiger partial charge on any atom is 0.233 e. The fourth-order valence-corrected chi connectivity index (χ4v) is 6.07. The Kier molecular flexibility index (Phi) is 14.7. The lowest BCUT2D eigenvalue weighted by atomic mass is 9.85. The Bertz CT molecular complexity index is 1780. The van der Waals surface area contributed by atoms with Crippen molar-refractivity contribution in [3.8, 4) is 11.5 Å². The smallest absolute Gasteiger partial charge is 0.233 e. The molecule has 268 valence electrons. The van der Waals surface area contributed by atoms with Crippen LogP contribution in [0.2, 0.25) is 0 Å². The number of benzene rings is 1. The molecule has 1 aromatic heterocycles. The number of aliphatic hydroxyl groups excluding tert-OH is 1. The Balaban J connectivity index is 1.81. The molecule has 0 aliphatic heterocycles. The average molecular weight is 681 g/mol. The second-order valence-electron chi connectivity index (χ2n) is 14.3. The van der Waals surface area contributed by atoms with Crippen molar-refractivity contribution < 1.29 is 29.3 Å². The molecule has 0 spiro atoms. The molecule has 1 aromatic carbocycles. The van der Waals surface area contributed by atoms with Gasteiger partial charge < -0.3 is 19.7 Å². The summed E-state index contributed by atoms with van der Waals surface area (Å²) in [5.41, 5.74) is 8.61. The van der Waals surface area contributed by atoms with E-state index in [1.165, 1.54) is 11.1 Å². The van der Waals surface area contributed by atoms with Crippen molar-refractivity contribution in [3.05, 3.63) is 115 Å². The van der Waals surface area contributed by atoms with Crippen LogP contribution in [0.3, 0.4) is 0 Å². The van der Waals surface area contributed by atoms with Gasteiger partial charge in [0.05, 0.1) is 5.57 Å². The van der Waals surface area contributed by atoms with Crippen molar-refractivity contribution in [2.45, 2.75) is 120 Å². The van der Waals surface area contributed by atoms with Crippen LogP contribution in [0.4, 0.5) is 0 Å². The van der Waals surface area contributed by atoms with E-state index < -0.39 is 11.6 Å². The number of hydrogen-bond acceptors (Lipinski definition) is 6. The molecule has 2 aromatic rings. The van der Waals surface area contributed by atoms with Crippen molar-refractivity contribution >= 4 is 23.2 Å². The summed E-state index contributed by atoms with van der Waals surface area (Å²) in [4.78, 5) is 26.4. The number of aromatic hydroxyl groups is 2. The standard InChI is InChI=1S/C44H56O6/c1-27(2)13-10-14-29(5)15-11-16-30(6)20-22-37-42(48)40(33(9)41(47)43(37)49)44-34(26-35(50-44)23-28(3)4)18-12-17-31(7)19-21-36-38(45)24-32(8)25-39(36)46/h13,15,19-20,23-26,45-46,48H,10-12,14,16-18,21-22H2,1-9H3/b29-15+,30-20+,31-19+. The van der Waals surface area contributed by atoms with Gasteiger partial charge in [-0.25, -0.2) is 0 Å². The maximum atomic E-state index is 13.3. The first kappa shape index (κ1) is 39.9. The van der Waals surface area contributed by atoms with E-state index in [0.717, 1.165) is 66.4 Å². The number of phenolic OH excluding ortho intramolecular Hbond substituents is 2. The number of furan rings is 1. The topological polar surface area (TPSA) is 108 Å². The van der Waals surface area contributed by atoms with E-state index in [-0.39, 0.29) is 40.4 Å². The van der Waals surface area contributed by atoms with E-state index in [0.29, 0.717) is 29.9 Å². The zero-order valence-electron chi connectivity index (χ0n) is 31.5. The highest BCUT2D eigenvalue weighted by Gasteiger charge is 2.35. The van der Waals surface area contributed by atoms with Crippen LogP contribution in [0.25, 0.3) is 11.6 Å². The Morgan fingerprint density at radius 2 is 1.28 bits per heavy atom. The number of allylic oxidation sites excluding steroid dienone is 12. The van der Waals surface area contributed by atoms with Gasteiger partial charge in [-0.05, 0) is 156 Å². The number of rotatable bonds is 16. The number of carbonyl (C=O) groups excluding carboxylic acids is 2. The van der Waals surface area contributed by atoms with E-state index in [2.05, 4.69) is 32.9 Å². The summed E-state index contributed by atoms with van der Waals surface area (Å²) >= 11 is 0. The molecule has 0 atom stereocenters. The van der Waals surface area contributed by atoms with Crippen molar-refractivity contribution in [3.63, 3.8) is 0 Å². The number of ketones is 2. The lowest BCUT2D eigenvalue weighted by Crippen LogP contribution is -2.25. The molecule has 0 amide bonds. The van der Waals surface area contributed by atoms with Gasteiger partial charge in [0, 0.05) is 16.7 Å². The zero-order valence-corrected chi connectivity index (χ0v) is 31.5. The number of phenols is 2. The van der Waals surface area contributed by atoms with Gasteiger partial charge >= 0.3 is 0 Å². The van der Waals surface area contributed by atoms with Crippen LogP contribution in [0.1, 0.15) is 129 Å². The molecule has 1 heterocycles. The minimum atomic E-state index is -0.674. The molecule has 0 radical (unpaired) electrons. The molecule has 3 N–H and O–H groups in total. The van der Waals surface area contributed by atoms with Crippen molar-refractivity contribution in [2.75, 3.05) is 0 Å². The molecule has 0 fully saturated rings. The second kappa shape index (κ2) is 18.4. The SMILES string of the molecule is CC(C)=CCC/C(C)=C/CC/C(C)=C/CC1=C(O)C(c2oc(C=C(C)C)cc2CCC/C(C)=C/Cc2c(O)cc(C)cc2O)=C(C)C(=O)C1=O. The Morgan fingerprint density at radius 1 is 0.700 bits per heavy atom. The molecule has 3 rings (SSSR count). The lowest BCUT2D eigenvalue weighted by molar-refractivity contribution is -0.132. The molecule has 0 unspecified atom stereocenters. The zero-order chi connectivity index (χ0) is 37.1. The van der Waals surface area contributed by atoms with Crippen LogP contribution in [0.5, 0.6) is 11.5 Å². The van der Waals surface area contributed by atoms with Crippen molar-refractivity contribution in [2.24, 2.45) is 0 Å². The van der Waals surface area contributed by atoms with E-state index >= 15 is 0 Å². The molecule has 0 saturated heterocycles. The summed E-state index contributed by atoms with van der Waals surface area (Å²) in [7, 11) is 0. The molecule has 6 heteroatoms. The fraction of sp³-hybridized carbons (Fsp3) is 0.409. The van der Waals surface area contributed by atoms with E-state index in [1.807, 2.05) is 58.9 Å². The monoisotopic (exact) mass is 680 g/mol. The summed E-state index contributed by atoms with van der Waals surface area (Å²) in [5, 5.41) is 32.2. The first-order valence-electron chi connectivity index (χ1n) is 17.7. The Hall–Kier alpha value is -4.58. The summed E-state index contributed by atoms with van der Waals surface area (Å²) in [6.45, 7) is 17.7. The number of aliphatic hydroxyl groups is 1. The van der Waals surface area contributed by atoms with Gasteiger partial charge in [-0.3, -0.25) is 9.59 Å². The maximum absolute atomic E-state index is 13.3. The van der Waals surface area contributed by atoms with Gasteiger partial charge in [0.25, 0.3) is 0 Å². The number of aryl methyl sites for hydroxylation is 2. The van der Waals surface area contributed by atoms with Gasteiger partial charge in [-0.1, -0.05) is 52.2 Å². The quantitative estimate of drug-likeness (QED) is 0.0925. The molecule has 1 aliphatic rings. The van der Waals surface area contributed by atoms with Crippen LogP contribution in [0, 0.1) is 6.92 Å². The third-order valence-electron chi connectivity index (χ3n) is 9.00. The lowest BCUT2D eigenvalue weighted by Gasteiger charge is -2.19.